The molecule has 0 aliphatic heterocycles. The van der Waals surface area contributed by atoms with Crippen molar-refractivity contribution in [3.63, 3.8) is 0 Å². The number of aromatic nitrogens is 3. The van der Waals surface area contributed by atoms with E-state index in [2.05, 4.69) is 26.1 Å². The Morgan fingerprint density at radius 1 is 1.30 bits per heavy atom. The molecule has 9 heteroatoms. The van der Waals surface area contributed by atoms with Gasteiger partial charge in [-0.05, 0) is 34.5 Å². The summed E-state index contributed by atoms with van der Waals surface area (Å²) in [5, 5.41) is 21.6. The molecule has 2 rings (SSSR count). The highest BCUT2D eigenvalue weighted by atomic mass is 79.9. The van der Waals surface area contributed by atoms with Crippen LogP contribution in [0.3, 0.4) is 0 Å². The lowest BCUT2D eigenvalue weighted by atomic mass is 10.1. The number of rotatable bonds is 5. The predicted octanol–water partition coefficient (Wildman–Crippen LogP) is 2.32. The van der Waals surface area contributed by atoms with Crippen LogP contribution in [0.1, 0.15) is 18.7 Å². The molecule has 4 N–H and O–H groups in total. The van der Waals surface area contributed by atoms with Crippen molar-refractivity contribution in [2.24, 2.45) is 5.73 Å². The van der Waals surface area contributed by atoms with Crippen molar-refractivity contribution in [1.29, 1.82) is 10.8 Å². The van der Waals surface area contributed by atoms with Gasteiger partial charge < -0.3 is 11.1 Å². The molecule has 106 valence electrons. The lowest BCUT2D eigenvalue weighted by molar-refractivity contribution is 0.0611. The molecule has 0 unspecified atom stereocenters. The summed E-state index contributed by atoms with van der Waals surface area (Å²) < 4.78 is 30.2. The van der Waals surface area contributed by atoms with Crippen LogP contribution in [0.4, 0.5) is 8.78 Å². The highest BCUT2D eigenvalue weighted by Crippen LogP contribution is 2.30. The number of nitrogens with one attached hydrogen (secondary N) is 2. The first kappa shape index (κ1) is 14.5. The molecule has 0 radical (unpaired) electrons. The molecule has 0 amide bonds. The molecule has 6 nitrogen and oxygen atoms in total. The molecule has 0 saturated carbocycles. The summed E-state index contributed by atoms with van der Waals surface area (Å²) in [5.74, 6) is -4.42. The Balaban J connectivity index is 2.38. The minimum atomic E-state index is -3.56. The molecule has 2 heterocycles. The minimum Gasteiger partial charge on any atom is -0.388 e. The minimum absolute atomic E-state index is 0.0884. The van der Waals surface area contributed by atoms with Gasteiger partial charge in [-0.25, -0.2) is 0 Å². The maximum absolute atomic E-state index is 14.2. The number of hydrogen-bond acceptors (Lipinski definition) is 4. The Hall–Kier alpha value is -1.90. The number of fused-ring (bicyclic) bond motifs is 1. The zero-order chi connectivity index (χ0) is 14.9. The summed E-state index contributed by atoms with van der Waals surface area (Å²) in [6.07, 6.45) is 1.02. The van der Waals surface area contributed by atoms with Gasteiger partial charge in [-0.1, -0.05) is 0 Å². The predicted molar refractivity (Wildman–Crippen MR) is 73.5 cm³/mol. The molecule has 0 aliphatic rings. The van der Waals surface area contributed by atoms with Crippen LogP contribution in [0, 0.1) is 10.8 Å². The van der Waals surface area contributed by atoms with Crippen molar-refractivity contribution in [2.75, 3.05) is 0 Å². The van der Waals surface area contributed by atoms with Crippen LogP contribution in [-0.4, -0.2) is 26.1 Å². The zero-order valence-electron chi connectivity index (χ0n) is 10.2. The van der Waals surface area contributed by atoms with Gasteiger partial charge in [0.1, 0.15) is 0 Å². The Morgan fingerprint density at radius 2 is 2.00 bits per heavy atom. The fourth-order valence-electron chi connectivity index (χ4n) is 1.63. The largest absolute Gasteiger partial charge is 0.388 e. The van der Waals surface area contributed by atoms with E-state index in [1.165, 1.54) is 12.3 Å². The summed E-state index contributed by atoms with van der Waals surface area (Å²) >= 11 is 3.19. The van der Waals surface area contributed by atoms with Crippen molar-refractivity contribution in [2.45, 2.75) is 18.8 Å². The van der Waals surface area contributed by atoms with Gasteiger partial charge in [0.05, 0.1) is 11.5 Å². The van der Waals surface area contributed by atoms with E-state index >= 15 is 0 Å². The van der Waals surface area contributed by atoms with E-state index in [-0.39, 0.29) is 24.3 Å². The first-order chi connectivity index (χ1) is 9.32. The van der Waals surface area contributed by atoms with E-state index in [0.29, 0.717) is 4.47 Å². The molecule has 0 fully saturated rings. The fourth-order valence-corrected chi connectivity index (χ4v) is 1.97. The van der Waals surface area contributed by atoms with E-state index in [4.69, 9.17) is 16.6 Å². The maximum atomic E-state index is 14.2. The molecular weight excluding hydrogens is 334 g/mol. The van der Waals surface area contributed by atoms with Crippen molar-refractivity contribution in [1.82, 2.24) is 14.6 Å². The van der Waals surface area contributed by atoms with Gasteiger partial charge in [0.15, 0.2) is 5.65 Å². The van der Waals surface area contributed by atoms with Crippen molar-refractivity contribution in [3.05, 3.63) is 28.6 Å². The number of pyridine rings is 1. The van der Waals surface area contributed by atoms with Crippen LogP contribution in [0.25, 0.3) is 5.65 Å². The summed E-state index contributed by atoms with van der Waals surface area (Å²) in [5.41, 5.74) is 4.54. The molecule has 2 aromatic rings. The molecule has 0 bridgehead atoms. The highest BCUT2D eigenvalue weighted by Gasteiger charge is 2.41. The van der Waals surface area contributed by atoms with Gasteiger partial charge in [-0.3, -0.25) is 9.81 Å². The summed E-state index contributed by atoms with van der Waals surface area (Å²) in [6, 6.07) is 3.20. The standard InChI is InChI=1S/C11H11BrF2N6/c12-6-1-4-9-18-19-10(20(9)5-6)11(13,14)7(15)2-3-8(16)17/h1,4-5,15H,2-3H2,(H3,16,17). The van der Waals surface area contributed by atoms with Crippen LogP contribution in [-0.2, 0) is 5.92 Å². The smallest absolute Gasteiger partial charge is 0.344 e. The topological polar surface area (TPSA) is 104 Å². The van der Waals surface area contributed by atoms with E-state index in [1.807, 2.05) is 0 Å². The molecule has 0 atom stereocenters. The van der Waals surface area contributed by atoms with Gasteiger partial charge in [-0.2, -0.15) is 8.78 Å². The second-order valence-corrected chi connectivity index (χ2v) is 5.09. The monoisotopic (exact) mass is 344 g/mol. The molecule has 0 spiro atoms. The van der Waals surface area contributed by atoms with E-state index < -0.39 is 17.5 Å². The number of amidine groups is 1. The van der Waals surface area contributed by atoms with Gasteiger partial charge in [0.2, 0.25) is 5.82 Å². The number of halogens is 3. The quantitative estimate of drug-likeness (QED) is 0.572. The van der Waals surface area contributed by atoms with Crippen LogP contribution < -0.4 is 5.73 Å². The SMILES string of the molecule is N=C(N)CCC(=N)C(F)(F)c1nnc2ccc(Br)cn12. The lowest BCUT2D eigenvalue weighted by Gasteiger charge is -2.15. The van der Waals surface area contributed by atoms with Gasteiger partial charge in [0.25, 0.3) is 0 Å². The van der Waals surface area contributed by atoms with E-state index in [0.717, 1.165) is 4.40 Å². The Labute approximate surface area is 121 Å². The van der Waals surface area contributed by atoms with Crippen molar-refractivity contribution >= 4 is 33.1 Å². The van der Waals surface area contributed by atoms with Crippen LogP contribution >= 0.6 is 15.9 Å². The molecule has 0 aromatic carbocycles. The summed E-state index contributed by atoms with van der Waals surface area (Å²) in [7, 11) is 0. The molecule has 20 heavy (non-hydrogen) atoms. The second kappa shape index (κ2) is 5.23. The Kier molecular flexibility index (Phi) is 3.80. The molecule has 0 saturated heterocycles. The zero-order valence-corrected chi connectivity index (χ0v) is 11.8. The first-order valence-corrected chi connectivity index (χ1v) is 6.41. The van der Waals surface area contributed by atoms with Crippen molar-refractivity contribution in [3.8, 4) is 0 Å². The van der Waals surface area contributed by atoms with Crippen LogP contribution in [0.15, 0.2) is 22.8 Å². The van der Waals surface area contributed by atoms with Crippen LogP contribution in [0.5, 0.6) is 0 Å². The summed E-state index contributed by atoms with van der Waals surface area (Å²) in [6.45, 7) is 0. The third-order valence-electron chi connectivity index (χ3n) is 2.67. The van der Waals surface area contributed by atoms with Gasteiger partial charge >= 0.3 is 5.92 Å². The highest BCUT2D eigenvalue weighted by molar-refractivity contribution is 9.10. The van der Waals surface area contributed by atoms with Crippen LogP contribution in [0.2, 0.25) is 0 Å². The Bertz CT molecular complexity index is 681. The van der Waals surface area contributed by atoms with E-state index in [1.54, 1.807) is 6.07 Å². The average molecular weight is 345 g/mol. The maximum Gasteiger partial charge on any atom is 0.344 e. The molecule has 0 aliphatic carbocycles. The van der Waals surface area contributed by atoms with Gasteiger partial charge in [0, 0.05) is 17.1 Å². The summed E-state index contributed by atoms with van der Waals surface area (Å²) in [4.78, 5) is 0. The Morgan fingerprint density at radius 3 is 2.65 bits per heavy atom. The third kappa shape index (κ3) is 2.67. The van der Waals surface area contributed by atoms with E-state index in [9.17, 15) is 8.78 Å². The number of nitrogens with two attached hydrogens (primary N) is 1. The molecular formula is C11H11BrF2N6. The second-order valence-electron chi connectivity index (χ2n) is 4.18. The van der Waals surface area contributed by atoms with Crippen molar-refractivity contribution < 1.29 is 8.78 Å². The number of hydrogen-bond donors (Lipinski definition) is 3. The third-order valence-corrected chi connectivity index (χ3v) is 3.14. The fraction of sp³-hybridized carbons (Fsp3) is 0.273. The first-order valence-electron chi connectivity index (χ1n) is 5.61. The number of alkyl halides is 2. The van der Waals surface area contributed by atoms with Gasteiger partial charge in [-0.15, -0.1) is 10.2 Å². The lowest BCUT2D eigenvalue weighted by Crippen LogP contribution is -2.29. The number of nitrogens with zero attached hydrogens (tertiary/aromatic N) is 3. The average Bonchev–Trinajstić information content (AvgIpc) is 2.79. The normalized spacial score (nSPS) is 11.8. The molecule has 2 aromatic heterocycles.